The zero-order valence-electron chi connectivity index (χ0n) is 21.7. The number of anilines is 1. The van der Waals surface area contributed by atoms with E-state index in [0.29, 0.717) is 6.54 Å². The van der Waals surface area contributed by atoms with Gasteiger partial charge in [0.2, 0.25) is 12.0 Å². The molecule has 0 saturated heterocycles. The van der Waals surface area contributed by atoms with Gasteiger partial charge in [0, 0.05) is 24.1 Å². The molecule has 36 heavy (non-hydrogen) atoms. The van der Waals surface area contributed by atoms with Gasteiger partial charge in [0.1, 0.15) is 0 Å². The molecule has 1 aliphatic heterocycles. The fourth-order valence-corrected chi connectivity index (χ4v) is 4.82. The van der Waals surface area contributed by atoms with Crippen molar-refractivity contribution < 1.29 is 4.57 Å². The summed E-state index contributed by atoms with van der Waals surface area (Å²) in [5.41, 5.74) is 3.47. The Labute approximate surface area is 223 Å². The highest BCUT2D eigenvalue weighted by molar-refractivity contribution is 8.13. The van der Waals surface area contributed by atoms with Crippen LogP contribution in [-0.2, 0) is 6.54 Å². The van der Waals surface area contributed by atoms with E-state index in [0.717, 1.165) is 64.1 Å². The van der Waals surface area contributed by atoms with Crippen molar-refractivity contribution in [1.29, 1.82) is 0 Å². The zero-order chi connectivity index (χ0) is 25.7. The van der Waals surface area contributed by atoms with Gasteiger partial charge in [-0.1, -0.05) is 78.5 Å². The monoisotopic (exact) mass is 524 g/mol. The molecule has 0 bridgehead atoms. The van der Waals surface area contributed by atoms with E-state index in [-0.39, 0.29) is 6.17 Å². The van der Waals surface area contributed by atoms with Crippen LogP contribution >= 0.6 is 23.4 Å². The van der Waals surface area contributed by atoms with Gasteiger partial charge >= 0.3 is 5.95 Å². The third-order valence-electron chi connectivity index (χ3n) is 6.02. The van der Waals surface area contributed by atoms with Crippen LogP contribution in [0.3, 0.4) is 0 Å². The quantitative estimate of drug-likeness (QED) is 0.170. The van der Waals surface area contributed by atoms with E-state index in [1.807, 2.05) is 28.7 Å². The first-order valence-electron chi connectivity index (χ1n) is 12.5. The van der Waals surface area contributed by atoms with E-state index in [1.165, 1.54) is 5.56 Å². The Bertz CT molecular complexity index is 1230. The van der Waals surface area contributed by atoms with Gasteiger partial charge in [-0.05, 0) is 48.8 Å². The van der Waals surface area contributed by atoms with Crippen molar-refractivity contribution in [2.24, 2.45) is 10.1 Å². The number of hydrogen-bond donors (Lipinski definition) is 1. The van der Waals surface area contributed by atoms with Crippen LogP contribution in [0.25, 0.3) is 0 Å². The lowest BCUT2D eigenvalue weighted by Crippen LogP contribution is -2.50. The number of thioether (sulfide) groups is 1. The average Bonchev–Trinajstić information content (AvgIpc) is 3.16. The van der Waals surface area contributed by atoms with Gasteiger partial charge in [-0.25, -0.2) is 14.9 Å². The molecular formula is C27H35ClN7S+. The molecule has 1 aromatic heterocycles. The van der Waals surface area contributed by atoms with Gasteiger partial charge in [-0.2, -0.15) is 10.1 Å². The molecule has 0 fully saturated rings. The van der Waals surface area contributed by atoms with Crippen molar-refractivity contribution in [2.45, 2.75) is 60.2 Å². The number of hydrogen-bond acceptors (Lipinski definition) is 4. The minimum absolute atomic E-state index is 0.264. The highest BCUT2D eigenvalue weighted by Gasteiger charge is 2.42. The molecule has 3 aromatic rings. The molecule has 0 spiro atoms. The van der Waals surface area contributed by atoms with E-state index < -0.39 is 0 Å². The maximum Gasteiger partial charge on any atom is 0.354 e. The summed E-state index contributed by atoms with van der Waals surface area (Å²) in [4.78, 5) is 4.97. The number of hydrazone groups is 1. The number of guanidine groups is 1. The molecule has 1 unspecified atom stereocenters. The summed E-state index contributed by atoms with van der Waals surface area (Å²) in [6.07, 6.45) is 1.84. The summed E-state index contributed by atoms with van der Waals surface area (Å²) in [6.45, 7) is 11.9. The summed E-state index contributed by atoms with van der Waals surface area (Å²) >= 11 is 7.85. The molecule has 1 atom stereocenters. The second kappa shape index (κ2) is 11.9. The molecule has 0 saturated carbocycles. The number of halogens is 1. The molecule has 7 nitrogen and oxygen atoms in total. The van der Waals surface area contributed by atoms with Crippen LogP contribution in [0.5, 0.6) is 0 Å². The van der Waals surface area contributed by atoms with Gasteiger partial charge < -0.3 is 0 Å². The van der Waals surface area contributed by atoms with Crippen molar-refractivity contribution in [2.75, 3.05) is 17.6 Å². The van der Waals surface area contributed by atoms with E-state index in [2.05, 4.69) is 74.0 Å². The molecule has 1 N–H and O–H groups in total. The van der Waals surface area contributed by atoms with Crippen LogP contribution in [-0.4, -0.2) is 38.1 Å². The van der Waals surface area contributed by atoms with Gasteiger partial charge in [0.05, 0.1) is 11.6 Å². The van der Waals surface area contributed by atoms with Crippen LogP contribution < -0.4 is 9.88 Å². The summed E-state index contributed by atoms with van der Waals surface area (Å²) in [7, 11) is 0. The Morgan fingerprint density at radius 2 is 1.83 bits per heavy atom. The molecule has 2 heterocycles. The molecule has 9 heteroatoms. The maximum atomic E-state index is 6.13. The standard InChI is InChI=1S/C27H34ClN7S/c1-6-8-17-29-26-30-27-33(18-22-11-15-24(28)16-12-22)20(4)31-35(27)25(23-13-9-19(3)10-14-23)34(26)32-21(5)36-7-2/h9-16,25H,6-8,17-18H2,1-5H3/p+1/b29-26?,32-21-. The Morgan fingerprint density at radius 3 is 2.50 bits per heavy atom. The number of rotatable bonds is 8. The first-order chi connectivity index (χ1) is 17.4. The topological polar surface area (TPSA) is 61.7 Å². The highest BCUT2D eigenvalue weighted by atomic mass is 35.5. The maximum absolute atomic E-state index is 6.13. The van der Waals surface area contributed by atoms with Gasteiger partial charge in [0.15, 0.2) is 0 Å². The molecule has 0 aliphatic carbocycles. The lowest BCUT2D eigenvalue weighted by atomic mass is 10.1. The SMILES string of the molecule is CCCCN=C1Nc2n(nc(C)[n+]2Cc2ccc(Cl)cc2)C(c2ccc(C)cc2)N1/N=C(/C)SCC. The smallest absolute Gasteiger partial charge is 0.241 e. The molecular weight excluding hydrogens is 490 g/mol. The van der Waals surface area contributed by atoms with Crippen molar-refractivity contribution >= 4 is 40.3 Å². The number of benzene rings is 2. The number of nitrogens with one attached hydrogen (secondary N) is 1. The van der Waals surface area contributed by atoms with Crippen LogP contribution in [0.15, 0.2) is 58.6 Å². The molecule has 190 valence electrons. The summed E-state index contributed by atoms with van der Waals surface area (Å²) in [6, 6.07) is 16.5. The second-order valence-electron chi connectivity index (χ2n) is 8.89. The van der Waals surface area contributed by atoms with Crippen molar-refractivity contribution in [3.8, 4) is 0 Å². The lowest BCUT2D eigenvalue weighted by Gasteiger charge is -2.31. The molecule has 4 rings (SSSR count). The third-order valence-corrected chi connectivity index (χ3v) is 7.06. The summed E-state index contributed by atoms with van der Waals surface area (Å²) in [5, 5.41) is 17.3. The predicted molar refractivity (Wildman–Crippen MR) is 151 cm³/mol. The van der Waals surface area contributed by atoms with Crippen LogP contribution in [0.4, 0.5) is 5.95 Å². The Kier molecular flexibility index (Phi) is 8.69. The molecule has 0 radical (unpaired) electrons. The molecule has 2 aromatic carbocycles. The van der Waals surface area contributed by atoms with Crippen molar-refractivity contribution in [1.82, 2.24) is 14.8 Å². The molecule has 1 aliphatic rings. The number of nitrogens with zero attached hydrogens (tertiary/aromatic N) is 6. The van der Waals surface area contributed by atoms with Crippen LogP contribution in [0, 0.1) is 13.8 Å². The van der Waals surface area contributed by atoms with E-state index in [9.17, 15) is 0 Å². The normalized spacial score (nSPS) is 16.8. The number of fused-ring (bicyclic) bond motifs is 1. The fraction of sp³-hybridized carbons (Fsp3) is 0.407. The minimum Gasteiger partial charge on any atom is -0.241 e. The fourth-order valence-electron chi connectivity index (χ4n) is 4.14. The van der Waals surface area contributed by atoms with Crippen molar-refractivity contribution in [3.63, 3.8) is 0 Å². The van der Waals surface area contributed by atoms with Crippen molar-refractivity contribution in [3.05, 3.63) is 76.1 Å². The number of aromatic nitrogens is 3. The predicted octanol–water partition coefficient (Wildman–Crippen LogP) is 6.01. The zero-order valence-corrected chi connectivity index (χ0v) is 23.3. The number of unbranched alkanes of at least 4 members (excludes halogenated alkanes) is 1. The first kappa shape index (κ1) is 26.2. The Hall–Kier alpha value is -2.84. The van der Waals surface area contributed by atoms with Gasteiger partial charge in [-0.15, -0.1) is 11.8 Å². The Morgan fingerprint density at radius 1 is 1.11 bits per heavy atom. The summed E-state index contributed by atoms with van der Waals surface area (Å²) < 4.78 is 4.22. The highest BCUT2D eigenvalue weighted by Crippen LogP contribution is 2.31. The van der Waals surface area contributed by atoms with Crippen LogP contribution in [0.1, 0.15) is 62.3 Å². The van der Waals surface area contributed by atoms with Gasteiger partial charge in [0.25, 0.3) is 5.96 Å². The first-order valence-corrected chi connectivity index (χ1v) is 13.9. The summed E-state index contributed by atoms with van der Waals surface area (Å²) in [5.74, 6) is 3.49. The second-order valence-corrected chi connectivity index (χ2v) is 10.8. The van der Waals surface area contributed by atoms with E-state index in [1.54, 1.807) is 11.8 Å². The molecule has 0 amide bonds. The number of aryl methyl sites for hydroxylation is 2. The largest absolute Gasteiger partial charge is 0.354 e. The minimum atomic E-state index is -0.264. The lowest BCUT2D eigenvalue weighted by molar-refractivity contribution is -0.681. The van der Waals surface area contributed by atoms with E-state index in [4.69, 9.17) is 26.8 Å². The van der Waals surface area contributed by atoms with Gasteiger partial charge in [-0.3, -0.25) is 0 Å². The third kappa shape index (κ3) is 5.93. The van der Waals surface area contributed by atoms with Crippen LogP contribution in [0.2, 0.25) is 5.02 Å². The average molecular weight is 525 g/mol. The number of aliphatic imine (C=N–C) groups is 1. The Balaban J connectivity index is 1.86. The van der Waals surface area contributed by atoms with E-state index >= 15 is 0 Å².